The van der Waals surface area contributed by atoms with Gasteiger partial charge in [0, 0.05) is 18.3 Å². The van der Waals surface area contributed by atoms with Crippen LogP contribution in [-0.2, 0) is 6.54 Å². The van der Waals surface area contributed by atoms with E-state index in [1.165, 1.54) is 12.1 Å². The summed E-state index contributed by atoms with van der Waals surface area (Å²) >= 11 is 0. The molecule has 1 heterocycles. The van der Waals surface area contributed by atoms with Crippen LogP contribution < -0.4 is 0 Å². The summed E-state index contributed by atoms with van der Waals surface area (Å²) in [5, 5.41) is 8.83. The van der Waals surface area contributed by atoms with Gasteiger partial charge in [0.1, 0.15) is 0 Å². The first-order valence-electron chi connectivity index (χ1n) is 5.65. The lowest BCUT2D eigenvalue weighted by molar-refractivity contribution is 0.0696. The number of benzene rings is 1. The van der Waals surface area contributed by atoms with Gasteiger partial charge in [-0.2, -0.15) is 0 Å². The van der Waals surface area contributed by atoms with Crippen LogP contribution in [0.3, 0.4) is 0 Å². The first-order chi connectivity index (χ1) is 8.67. The van der Waals surface area contributed by atoms with Crippen LogP contribution in [0, 0.1) is 0 Å². The van der Waals surface area contributed by atoms with Gasteiger partial charge in [0.05, 0.1) is 11.3 Å². The fourth-order valence-electron chi connectivity index (χ4n) is 1.93. The Kier molecular flexibility index (Phi) is 3.28. The summed E-state index contributed by atoms with van der Waals surface area (Å²) in [4.78, 5) is 21.9. The average molecular weight is 243 g/mol. The Morgan fingerprint density at radius 3 is 2.44 bits per heavy atom. The molecule has 92 valence electrons. The van der Waals surface area contributed by atoms with Crippen molar-refractivity contribution in [2.45, 2.75) is 13.5 Å². The number of aryl methyl sites for hydroxylation is 1. The van der Waals surface area contributed by atoms with Crippen LogP contribution in [0.2, 0.25) is 0 Å². The van der Waals surface area contributed by atoms with Gasteiger partial charge in [-0.25, -0.2) is 4.79 Å². The molecule has 0 unspecified atom stereocenters. The van der Waals surface area contributed by atoms with E-state index in [1.54, 1.807) is 12.1 Å². The molecule has 1 aromatic carbocycles. The molecule has 0 aliphatic heterocycles. The molecular weight excluding hydrogens is 230 g/mol. The number of hydrogen-bond donors (Lipinski definition) is 1. The third kappa shape index (κ3) is 2.05. The molecule has 18 heavy (non-hydrogen) atoms. The summed E-state index contributed by atoms with van der Waals surface area (Å²) in [7, 11) is 0. The van der Waals surface area contributed by atoms with Crippen LogP contribution in [0.25, 0.3) is 11.1 Å². The van der Waals surface area contributed by atoms with E-state index < -0.39 is 5.97 Å². The maximum atomic E-state index is 11.1. The number of carbonyl (C=O) groups is 2. The maximum absolute atomic E-state index is 11.1. The molecule has 0 atom stereocenters. The van der Waals surface area contributed by atoms with E-state index in [0.29, 0.717) is 5.69 Å². The van der Waals surface area contributed by atoms with Gasteiger partial charge in [0.15, 0.2) is 6.29 Å². The molecule has 1 N–H and O–H groups in total. The average Bonchev–Trinajstić information content (AvgIpc) is 2.81. The number of carboxylic acid groups (broad SMARTS) is 1. The summed E-state index contributed by atoms with van der Waals surface area (Å²) in [6.07, 6.45) is 2.67. The van der Waals surface area contributed by atoms with Crippen LogP contribution in [0.15, 0.2) is 36.5 Å². The molecule has 0 amide bonds. The minimum atomic E-state index is -0.955. The molecule has 0 saturated heterocycles. The molecule has 0 bridgehead atoms. The number of aromatic nitrogens is 1. The van der Waals surface area contributed by atoms with E-state index in [2.05, 4.69) is 0 Å². The zero-order valence-electron chi connectivity index (χ0n) is 9.96. The third-order valence-electron chi connectivity index (χ3n) is 2.90. The second kappa shape index (κ2) is 4.87. The van der Waals surface area contributed by atoms with E-state index >= 15 is 0 Å². The van der Waals surface area contributed by atoms with Crippen molar-refractivity contribution in [2.24, 2.45) is 0 Å². The van der Waals surface area contributed by atoms with Gasteiger partial charge in [-0.05, 0) is 30.7 Å². The number of nitrogens with zero attached hydrogens (tertiary/aromatic N) is 1. The maximum Gasteiger partial charge on any atom is 0.335 e. The Bertz CT molecular complexity index is 582. The van der Waals surface area contributed by atoms with Gasteiger partial charge in [-0.1, -0.05) is 12.1 Å². The number of rotatable bonds is 4. The molecule has 1 aromatic heterocycles. The van der Waals surface area contributed by atoms with Crippen molar-refractivity contribution in [2.75, 3.05) is 0 Å². The van der Waals surface area contributed by atoms with Gasteiger partial charge >= 0.3 is 5.97 Å². The predicted molar refractivity (Wildman–Crippen MR) is 67.9 cm³/mol. The molecule has 0 saturated carbocycles. The monoisotopic (exact) mass is 243 g/mol. The van der Waals surface area contributed by atoms with Crippen molar-refractivity contribution in [3.8, 4) is 11.1 Å². The SMILES string of the molecule is CCn1ccc(-c2ccc(C(=O)O)cc2)c1C=O. The molecule has 0 spiro atoms. The zero-order chi connectivity index (χ0) is 13.1. The minimum absolute atomic E-state index is 0.237. The second-order valence-corrected chi connectivity index (χ2v) is 3.90. The lowest BCUT2D eigenvalue weighted by Crippen LogP contribution is -1.99. The van der Waals surface area contributed by atoms with Gasteiger partial charge in [-0.3, -0.25) is 4.79 Å². The molecule has 4 heteroatoms. The van der Waals surface area contributed by atoms with Crippen LogP contribution in [0.5, 0.6) is 0 Å². The Balaban J connectivity index is 2.45. The molecule has 0 radical (unpaired) electrons. The topological polar surface area (TPSA) is 59.3 Å². The number of aromatic carboxylic acids is 1. The van der Waals surface area contributed by atoms with E-state index in [0.717, 1.165) is 24.0 Å². The van der Waals surface area contributed by atoms with Gasteiger partial charge < -0.3 is 9.67 Å². The molecule has 2 aromatic rings. The van der Waals surface area contributed by atoms with Crippen molar-refractivity contribution in [3.05, 3.63) is 47.8 Å². The van der Waals surface area contributed by atoms with E-state index in [9.17, 15) is 9.59 Å². The van der Waals surface area contributed by atoms with Crippen LogP contribution in [0.1, 0.15) is 27.8 Å². The predicted octanol–water partition coefficient (Wildman–Crippen LogP) is 2.69. The summed E-state index contributed by atoms with van der Waals surface area (Å²) in [5.74, 6) is -0.955. The van der Waals surface area contributed by atoms with Gasteiger partial charge in [0.25, 0.3) is 0 Å². The van der Waals surface area contributed by atoms with Crippen molar-refractivity contribution in [1.82, 2.24) is 4.57 Å². The molecule has 0 fully saturated rings. The standard InChI is InChI=1S/C14H13NO3/c1-2-15-8-7-12(13(15)9-16)10-3-5-11(6-4-10)14(17)18/h3-9H,2H2,1H3,(H,17,18). The highest BCUT2D eigenvalue weighted by Crippen LogP contribution is 2.24. The van der Waals surface area contributed by atoms with Crippen LogP contribution in [-0.4, -0.2) is 21.9 Å². The van der Waals surface area contributed by atoms with E-state index in [-0.39, 0.29) is 5.56 Å². The first kappa shape index (κ1) is 12.1. The van der Waals surface area contributed by atoms with Crippen LogP contribution in [0.4, 0.5) is 0 Å². The van der Waals surface area contributed by atoms with Crippen molar-refractivity contribution in [1.29, 1.82) is 0 Å². The van der Waals surface area contributed by atoms with Crippen molar-refractivity contribution in [3.63, 3.8) is 0 Å². The normalized spacial score (nSPS) is 10.3. The molecule has 0 aliphatic rings. The third-order valence-corrected chi connectivity index (χ3v) is 2.90. The number of aldehydes is 1. The van der Waals surface area contributed by atoms with Crippen LogP contribution >= 0.6 is 0 Å². The first-order valence-corrected chi connectivity index (χ1v) is 5.65. The fraction of sp³-hybridized carbons (Fsp3) is 0.143. The Morgan fingerprint density at radius 2 is 1.94 bits per heavy atom. The molecule has 2 rings (SSSR count). The summed E-state index contributed by atoms with van der Waals surface area (Å²) in [6.45, 7) is 2.69. The number of hydrogen-bond acceptors (Lipinski definition) is 2. The fourth-order valence-corrected chi connectivity index (χ4v) is 1.93. The smallest absolute Gasteiger partial charge is 0.335 e. The van der Waals surface area contributed by atoms with E-state index in [1.807, 2.05) is 23.8 Å². The highest BCUT2D eigenvalue weighted by atomic mass is 16.4. The summed E-state index contributed by atoms with van der Waals surface area (Å²) < 4.78 is 1.85. The number of carboxylic acids is 1. The number of carbonyl (C=O) groups excluding carboxylic acids is 1. The highest BCUT2D eigenvalue weighted by molar-refractivity contribution is 5.90. The second-order valence-electron chi connectivity index (χ2n) is 3.90. The minimum Gasteiger partial charge on any atom is -0.478 e. The molecular formula is C14H13NO3. The quantitative estimate of drug-likeness (QED) is 0.840. The Morgan fingerprint density at radius 1 is 1.28 bits per heavy atom. The lowest BCUT2D eigenvalue weighted by Gasteiger charge is -2.04. The van der Waals surface area contributed by atoms with Gasteiger partial charge in [-0.15, -0.1) is 0 Å². The largest absolute Gasteiger partial charge is 0.478 e. The summed E-state index contributed by atoms with van der Waals surface area (Å²) in [6, 6.07) is 8.37. The Labute approximate surface area is 104 Å². The Hall–Kier alpha value is -2.36. The van der Waals surface area contributed by atoms with Gasteiger partial charge in [0.2, 0.25) is 0 Å². The van der Waals surface area contributed by atoms with E-state index in [4.69, 9.17) is 5.11 Å². The lowest BCUT2D eigenvalue weighted by atomic mass is 10.0. The summed E-state index contributed by atoms with van der Waals surface area (Å²) in [5.41, 5.74) is 2.51. The van der Waals surface area contributed by atoms with Crippen molar-refractivity contribution >= 4 is 12.3 Å². The highest BCUT2D eigenvalue weighted by Gasteiger charge is 2.10. The van der Waals surface area contributed by atoms with Crippen molar-refractivity contribution < 1.29 is 14.7 Å². The molecule has 0 aliphatic carbocycles. The zero-order valence-corrected chi connectivity index (χ0v) is 9.96. The molecule has 4 nitrogen and oxygen atoms in total.